The number of nitrogens with zero attached hydrogens (tertiary/aromatic N) is 2. The van der Waals surface area contributed by atoms with Crippen LogP contribution in [0.2, 0.25) is 15.1 Å². The first kappa shape index (κ1) is 30.5. The topological polar surface area (TPSA) is 120 Å². The summed E-state index contributed by atoms with van der Waals surface area (Å²) in [5.41, 5.74) is 7.94. The second-order valence-corrected chi connectivity index (χ2v) is 10.6. The molecule has 1 heterocycles. The van der Waals surface area contributed by atoms with Gasteiger partial charge in [-0.05, 0) is 85.5 Å². The second kappa shape index (κ2) is 15.0. The first-order chi connectivity index (χ1) is 19.8. The number of rotatable bonds is 14. The summed E-state index contributed by atoms with van der Waals surface area (Å²) in [5.74, 6) is 0.0931. The molecule has 8 nitrogen and oxygen atoms in total. The highest BCUT2D eigenvalue weighted by Gasteiger charge is 2.26. The Kier molecular flexibility index (Phi) is 11.2. The van der Waals surface area contributed by atoms with Gasteiger partial charge in [0.05, 0.1) is 29.1 Å². The van der Waals surface area contributed by atoms with Crippen LogP contribution in [0.1, 0.15) is 57.3 Å². The van der Waals surface area contributed by atoms with Crippen molar-refractivity contribution < 1.29 is 18.8 Å². The summed E-state index contributed by atoms with van der Waals surface area (Å²) in [4.78, 5) is 30.3. The molecule has 1 amide bonds. The van der Waals surface area contributed by atoms with Crippen molar-refractivity contribution in [2.75, 3.05) is 13.2 Å². The summed E-state index contributed by atoms with van der Waals surface area (Å²) in [6.45, 7) is 0.965. The number of amides is 1. The minimum absolute atomic E-state index is 0.0867. The predicted octanol–water partition coefficient (Wildman–Crippen LogP) is 6.35. The van der Waals surface area contributed by atoms with Crippen LogP contribution in [0, 0.1) is 0 Å². The van der Waals surface area contributed by atoms with E-state index in [1.165, 1.54) is 0 Å². The molecule has 0 fully saturated rings. The zero-order valence-electron chi connectivity index (χ0n) is 22.1. The van der Waals surface area contributed by atoms with Gasteiger partial charge >= 0.3 is 0 Å². The number of hydrogen-bond acceptors (Lipinski definition) is 7. The van der Waals surface area contributed by atoms with Gasteiger partial charge in [-0.2, -0.15) is 4.98 Å². The molecule has 4 rings (SSSR count). The number of aromatic nitrogens is 2. The lowest BCUT2D eigenvalue weighted by molar-refractivity contribution is 0.0843. The number of ether oxygens (including phenoxy) is 1. The van der Waals surface area contributed by atoms with E-state index in [4.69, 9.17) is 49.8 Å². The quantitative estimate of drug-likeness (QED) is 0.125. The van der Waals surface area contributed by atoms with Crippen molar-refractivity contribution in [1.82, 2.24) is 15.5 Å². The fourth-order valence-corrected chi connectivity index (χ4v) is 4.49. The van der Waals surface area contributed by atoms with Gasteiger partial charge in [-0.25, -0.2) is 0 Å². The highest BCUT2D eigenvalue weighted by Crippen LogP contribution is 2.23. The standard InChI is InChI=1S/C30H29Cl3N4O4/c31-22-9-7-21(8-10-22)30(39)35-26(3-1-2-15-34)28(38)29-36-27(41-37-29)18-19-4-11-23(12-5-19)40-16-14-20-6-13-24(32)25(33)17-20/h4-13,17,26H,1-3,14-16,18,34H2,(H,35,39). The molecule has 3 aromatic carbocycles. The molecule has 0 saturated heterocycles. The summed E-state index contributed by atoms with van der Waals surface area (Å²) in [5, 5.41) is 8.22. The lowest BCUT2D eigenvalue weighted by Gasteiger charge is -2.16. The summed E-state index contributed by atoms with van der Waals surface area (Å²) in [6, 6.07) is 18.6. The maximum atomic E-state index is 13.2. The van der Waals surface area contributed by atoms with E-state index in [2.05, 4.69) is 15.5 Å². The van der Waals surface area contributed by atoms with Crippen molar-refractivity contribution in [2.45, 2.75) is 38.1 Å². The predicted molar refractivity (Wildman–Crippen MR) is 159 cm³/mol. The number of nitrogens with two attached hydrogens (primary N) is 1. The Morgan fingerprint density at radius 3 is 2.37 bits per heavy atom. The van der Waals surface area contributed by atoms with E-state index in [0.717, 1.165) is 11.1 Å². The van der Waals surface area contributed by atoms with Gasteiger partial charge in [-0.15, -0.1) is 0 Å². The molecule has 0 radical (unpaired) electrons. The fourth-order valence-electron chi connectivity index (χ4n) is 4.05. The van der Waals surface area contributed by atoms with E-state index in [1.807, 2.05) is 36.4 Å². The Bertz CT molecular complexity index is 1460. The number of ketones is 1. The van der Waals surface area contributed by atoms with Crippen molar-refractivity contribution in [3.05, 3.63) is 110 Å². The fraction of sp³-hybridized carbons (Fsp3) is 0.267. The lowest BCUT2D eigenvalue weighted by Crippen LogP contribution is -2.41. The molecule has 3 N–H and O–H groups in total. The van der Waals surface area contributed by atoms with Crippen LogP contribution in [0.3, 0.4) is 0 Å². The normalized spacial score (nSPS) is 11.7. The lowest BCUT2D eigenvalue weighted by atomic mass is 10.0. The van der Waals surface area contributed by atoms with Gasteiger partial charge in [0.1, 0.15) is 5.75 Å². The van der Waals surface area contributed by atoms with Gasteiger partial charge in [0.2, 0.25) is 17.5 Å². The summed E-state index contributed by atoms with van der Waals surface area (Å²) < 4.78 is 11.2. The van der Waals surface area contributed by atoms with E-state index in [9.17, 15) is 9.59 Å². The molecule has 1 aromatic heterocycles. The molecule has 41 heavy (non-hydrogen) atoms. The molecule has 214 valence electrons. The van der Waals surface area contributed by atoms with Gasteiger partial charge in [0.25, 0.3) is 5.91 Å². The first-order valence-electron chi connectivity index (χ1n) is 13.1. The highest BCUT2D eigenvalue weighted by atomic mass is 35.5. The van der Waals surface area contributed by atoms with Crippen molar-refractivity contribution in [2.24, 2.45) is 5.73 Å². The third-order valence-corrected chi connectivity index (χ3v) is 7.28. The van der Waals surface area contributed by atoms with Crippen molar-refractivity contribution in [3.8, 4) is 5.75 Å². The zero-order valence-corrected chi connectivity index (χ0v) is 24.4. The molecule has 0 bridgehead atoms. The molecule has 1 unspecified atom stereocenters. The van der Waals surface area contributed by atoms with E-state index in [0.29, 0.717) is 71.6 Å². The molecule has 4 aromatic rings. The zero-order chi connectivity index (χ0) is 29.2. The van der Waals surface area contributed by atoms with Crippen molar-refractivity contribution >= 4 is 46.5 Å². The summed E-state index contributed by atoms with van der Waals surface area (Å²) in [6.07, 6.45) is 2.78. The van der Waals surface area contributed by atoms with Gasteiger partial charge in [0, 0.05) is 17.0 Å². The first-order valence-corrected chi connectivity index (χ1v) is 14.2. The van der Waals surface area contributed by atoms with E-state index < -0.39 is 17.7 Å². The second-order valence-electron chi connectivity index (χ2n) is 9.36. The Balaban J connectivity index is 1.33. The number of carbonyl (C=O) groups is 2. The van der Waals surface area contributed by atoms with E-state index in [-0.39, 0.29) is 11.7 Å². The SMILES string of the molecule is NCCCCC(NC(=O)c1ccc(Cl)cc1)C(=O)c1noc(Cc2ccc(OCCc3ccc(Cl)c(Cl)c3)cc2)n1. The molecule has 0 aliphatic heterocycles. The minimum Gasteiger partial charge on any atom is -0.493 e. The molecule has 0 aliphatic carbocycles. The van der Waals surface area contributed by atoms with E-state index in [1.54, 1.807) is 30.3 Å². The molecular formula is C30H29Cl3N4O4. The maximum Gasteiger partial charge on any atom is 0.251 e. The third kappa shape index (κ3) is 9.03. The van der Waals surface area contributed by atoms with Crippen LogP contribution in [0.15, 0.2) is 71.3 Å². The monoisotopic (exact) mass is 614 g/mol. The van der Waals surface area contributed by atoms with Crippen LogP contribution in [-0.2, 0) is 12.8 Å². The summed E-state index contributed by atoms with van der Waals surface area (Å²) >= 11 is 17.9. The number of Topliss-reactive ketones (excluding diaryl/α,β-unsaturated/α-hetero) is 1. The van der Waals surface area contributed by atoms with Crippen LogP contribution < -0.4 is 15.8 Å². The summed E-state index contributed by atoms with van der Waals surface area (Å²) in [7, 11) is 0. The van der Waals surface area contributed by atoms with E-state index >= 15 is 0 Å². The van der Waals surface area contributed by atoms with Crippen LogP contribution in [0.5, 0.6) is 5.75 Å². The van der Waals surface area contributed by atoms with Gasteiger partial charge in [-0.1, -0.05) is 58.2 Å². The molecule has 11 heteroatoms. The smallest absolute Gasteiger partial charge is 0.251 e. The Hall–Kier alpha value is -3.43. The largest absolute Gasteiger partial charge is 0.493 e. The van der Waals surface area contributed by atoms with Crippen LogP contribution in [0.25, 0.3) is 0 Å². The number of benzene rings is 3. The maximum absolute atomic E-state index is 13.2. The number of unbranched alkanes of at least 4 members (excludes halogenated alkanes) is 1. The minimum atomic E-state index is -0.824. The highest BCUT2D eigenvalue weighted by molar-refractivity contribution is 6.42. The molecule has 1 atom stereocenters. The molecular weight excluding hydrogens is 587 g/mol. The molecule has 0 aliphatic rings. The van der Waals surface area contributed by atoms with Gasteiger partial charge < -0.3 is 20.3 Å². The average molecular weight is 616 g/mol. The Labute approximate surface area is 253 Å². The average Bonchev–Trinajstić information content (AvgIpc) is 3.44. The van der Waals surface area contributed by atoms with Crippen LogP contribution in [0.4, 0.5) is 0 Å². The third-order valence-electron chi connectivity index (χ3n) is 6.29. The number of carbonyl (C=O) groups excluding carboxylic acids is 2. The molecule has 0 saturated carbocycles. The number of nitrogens with one attached hydrogen (secondary N) is 1. The van der Waals surface area contributed by atoms with Crippen LogP contribution >= 0.6 is 34.8 Å². The number of hydrogen-bond donors (Lipinski definition) is 2. The van der Waals surface area contributed by atoms with Crippen molar-refractivity contribution in [3.63, 3.8) is 0 Å². The van der Waals surface area contributed by atoms with Crippen LogP contribution in [-0.4, -0.2) is 41.0 Å². The molecule has 0 spiro atoms. The Morgan fingerprint density at radius 1 is 0.927 bits per heavy atom. The Morgan fingerprint density at radius 2 is 1.66 bits per heavy atom. The van der Waals surface area contributed by atoms with Crippen molar-refractivity contribution in [1.29, 1.82) is 0 Å². The van der Waals surface area contributed by atoms with Gasteiger partial charge in [0.15, 0.2) is 0 Å². The van der Waals surface area contributed by atoms with Gasteiger partial charge in [-0.3, -0.25) is 9.59 Å². The number of halogens is 3.